The fraction of sp³-hybridized carbons (Fsp3) is 0.556. The van der Waals surface area contributed by atoms with Gasteiger partial charge in [-0.05, 0) is 0 Å². The highest BCUT2D eigenvalue weighted by molar-refractivity contribution is 7.87. The Labute approximate surface area is 110 Å². The van der Waals surface area contributed by atoms with Crippen molar-refractivity contribution >= 4 is 21.9 Å². The summed E-state index contributed by atoms with van der Waals surface area (Å²) in [7, 11) is -6.07. The van der Waals surface area contributed by atoms with Gasteiger partial charge in [0.05, 0.1) is 24.0 Å². The third kappa shape index (κ3) is 1.63. The molecule has 3 aliphatic rings. The van der Waals surface area contributed by atoms with Crippen molar-refractivity contribution in [3.8, 4) is 0 Å². The summed E-state index contributed by atoms with van der Waals surface area (Å²) in [6, 6.07) is 0. The Hall–Kier alpha value is -1.46. The normalized spacial score (nSPS) is 36.0. The van der Waals surface area contributed by atoms with Gasteiger partial charge in [-0.1, -0.05) is 12.2 Å². The largest absolute Gasteiger partial charge is 0.525 e. The molecule has 4 atom stereocenters. The fourth-order valence-electron chi connectivity index (χ4n) is 2.49. The molecule has 7 nitrogen and oxygen atoms in total. The van der Waals surface area contributed by atoms with Gasteiger partial charge >= 0.3 is 15.6 Å². The molecule has 3 aliphatic heterocycles. The van der Waals surface area contributed by atoms with Crippen LogP contribution in [-0.2, 0) is 28.7 Å². The van der Waals surface area contributed by atoms with E-state index in [1.807, 2.05) is 0 Å². The van der Waals surface area contributed by atoms with Gasteiger partial charge in [0.25, 0.3) is 11.8 Å². The summed E-state index contributed by atoms with van der Waals surface area (Å²) in [5.41, 5.74) is -5.72. The van der Waals surface area contributed by atoms with Gasteiger partial charge in [-0.2, -0.15) is 21.6 Å². The first-order valence-corrected chi connectivity index (χ1v) is 6.77. The maximum Gasteiger partial charge on any atom is 0.525 e. The minimum absolute atomic E-state index is 0.326. The van der Waals surface area contributed by atoms with Crippen LogP contribution in [0.2, 0.25) is 0 Å². The van der Waals surface area contributed by atoms with Crippen LogP contribution in [0.15, 0.2) is 12.2 Å². The number of nitrogens with zero attached hydrogens (tertiary/aromatic N) is 1. The van der Waals surface area contributed by atoms with Crippen LogP contribution < -0.4 is 0 Å². The molecule has 0 aromatic carbocycles. The maximum atomic E-state index is 12.2. The smallest absolute Gasteiger partial charge is 0.365 e. The van der Waals surface area contributed by atoms with Gasteiger partial charge < -0.3 is 4.74 Å². The molecule has 0 N–H and O–H groups in total. The van der Waals surface area contributed by atoms with Crippen LogP contribution >= 0.6 is 0 Å². The van der Waals surface area contributed by atoms with E-state index in [-0.39, 0.29) is 5.06 Å². The molecule has 3 rings (SSSR count). The lowest BCUT2D eigenvalue weighted by Gasteiger charge is -2.16. The Kier molecular flexibility index (Phi) is 2.57. The van der Waals surface area contributed by atoms with Crippen LogP contribution in [0.25, 0.3) is 0 Å². The van der Waals surface area contributed by atoms with E-state index in [1.54, 1.807) is 0 Å². The van der Waals surface area contributed by atoms with Crippen molar-refractivity contribution in [1.82, 2.24) is 5.06 Å². The van der Waals surface area contributed by atoms with Crippen molar-refractivity contribution in [3.05, 3.63) is 12.2 Å². The Bertz CT molecular complexity index is 596. The number of hydrogen-bond donors (Lipinski definition) is 0. The molecule has 3 heterocycles. The topological polar surface area (TPSA) is 90.0 Å². The third-order valence-corrected chi connectivity index (χ3v) is 4.24. The highest BCUT2D eigenvalue weighted by atomic mass is 32.2. The van der Waals surface area contributed by atoms with Crippen molar-refractivity contribution in [2.45, 2.75) is 17.7 Å². The first-order valence-electron chi connectivity index (χ1n) is 5.36. The Balaban J connectivity index is 1.88. The number of imide groups is 1. The number of hydroxylamine groups is 2. The highest BCUT2D eigenvalue weighted by Gasteiger charge is 2.63. The maximum absolute atomic E-state index is 12.2. The van der Waals surface area contributed by atoms with E-state index in [1.165, 1.54) is 12.2 Å². The zero-order valence-corrected chi connectivity index (χ0v) is 10.2. The molecule has 0 saturated carbocycles. The SMILES string of the molecule is O=C1C2C3C=CC(O3)C2C(=O)N1OS(=O)(=O)C(F)(F)F. The lowest BCUT2D eigenvalue weighted by molar-refractivity contribution is -0.171. The van der Waals surface area contributed by atoms with Crippen molar-refractivity contribution < 1.29 is 40.2 Å². The van der Waals surface area contributed by atoms with Gasteiger partial charge in [0, 0.05) is 0 Å². The standard InChI is InChI=1S/C9H6F3NO6S/c10-9(11,12)20(16,17)19-13-7(14)5-3-1-2-4(18-3)6(5)8(13)15/h1-6H. The van der Waals surface area contributed by atoms with Crippen molar-refractivity contribution in [2.75, 3.05) is 0 Å². The van der Waals surface area contributed by atoms with Crippen LogP contribution in [0.1, 0.15) is 0 Å². The summed E-state index contributed by atoms with van der Waals surface area (Å²) in [6.07, 6.45) is 1.50. The molecule has 20 heavy (non-hydrogen) atoms. The number of rotatable bonds is 2. The molecule has 0 aromatic heterocycles. The molecule has 0 spiro atoms. The number of alkyl halides is 3. The average Bonchev–Trinajstić information content (AvgIpc) is 2.97. The molecule has 0 aliphatic carbocycles. The Morgan fingerprint density at radius 3 is 1.95 bits per heavy atom. The van der Waals surface area contributed by atoms with Crippen LogP contribution in [0.4, 0.5) is 13.2 Å². The van der Waals surface area contributed by atoms with Gasteiger partial charge in [0.2, 0.25) is 0 Å². The summed E-state index contributed by atoms with van der Waals surface area (Å²) in [4.78, 5) is 23.7. The zero-order valence-electron chi connectivity index (χ0n) is 9.40. The molecule has 2 amide bonds. The number of carbonyl (C=O) groups excluding carboxylic acids is 2. The molecule has 2 fully saturated rings. The Morgan fingerprint density at radius 2 is 1.55 bits per heavy atom. The van der Waals surface area contributed by atoms with Crippen molar-refractivity contribution in [1.29, 1.82) is 0 Å². The van der Waals surface area contributed by atoms with E-state index in [4.69, 9.17) is 4.74 Å². The predicted molar refractivity (Wildman–Crippen MR) is 52.7 cm³/mol. The summed E-state index contributed by atoms with van der Waals surface area (Å²) in [6.45, 7) is 0. The minimum Gasteiger partial charge on any atom is -0.365 e. The lowest BCUT2D eigenvalue weighted by atomic mass is 9.85. The quantitative estimate of drug-likeness (QED) is 0.395. The van der Waals surface area contributed by atoms with Crippen molar-refractivity contribution in [3.63, 3.8) is 0 Å². The Morgan fingerprint density at radius 1 is 1.10 bits per heavy atom. The first-order chi connectivity index (χ1) is 9.13. The zero-order chi connectivity index (χ0) is 14.9. The van der Waals surface area contributed by atoms with Crippen LogP contribution in [0.3, 0.4) is 0 Å². The van der Waals surface area contributed by atoms with Crippen LogP contribution in [0, 0.1) is 11.8 Å². The molecule has 2 bridgehead atoms. The molecule has 2 saturated heterocycles. The molecule has 4 unspecified atom stereocenters. The molecule has 0 aromatic rings. The molecular formula is C9H6F3NO6S. The van der Waals surface area contributed by atoms with E-state index in [9.17, 15) is 31.2 Å². The van der Waals surface area contributed by atoms with Gasteiger partial charge in [0.1, 0.15) is 0 Å². The number of amides is 2. The second-order valence-electron chi connectivity index (χ2n) is 4.45. The molecule has 0 radical (unpaired) electrons. The first kappa shape index (κ1) is 13.5. The van der Waals surface area contributed by atoms with Crippen LogP contribution in [0.5, 0.6) is 0 Å². The van der Waals surface area contributed by atoms with E-state index in [0.717, 1.165) is 0 Å². The number of ether oxygens (including phenoxy) is 1. The summed E-state index contributed by atoms with van der Waals surface area (Å²) >= 11 is 0. The summed E-state index contributed by atoms with van der Waals surface area (Å²) in [5, 5.41) is -0.326. The van der Waals surface area contributed by atoms with Gasteiger partial charge in [-0.15, -0.1) is 9.35 Å². The highest BCUT2D eigenvalue weighted by Crippen LogP contribution is 2.45. The van der Waals surface area contributed by atoms with Crippen LogP contribution in [-0.4, -0.2) is 43.0 Å². The van der Waals surface area contributed by atoms with Gasteiger partial charge in [0.15, 0.2) is 0 Å². The van der Waals surface area contributed by atoms with E-state index in [0.29, 0.717) is 0 Å². The molecule has 110 valence electrons. The predicted octanol–water partition coefficient (Wildman–Crippen LogP) is -0.294. The van der Waals surface area contributed by atoms with Gasteiger partial charge in [-0.3, -0.25) is 9.59 Å². The number of fused-ring (bicyclic) bond motifs is 5. The molecular weight excluding hydrogens is 307 g/mol. The van der Waals surface area contributed by atoms with Gasteiger partial charge in [-0.25, -0.2) is 0 Å². The summed E-state index contributed by atoms with van der Waals surface area (Å²) < 4.78 is 67.2. The second-order valence-corrected chi connectivity index (χ2v) is 5.97. The number of carbonyl (C=O) groups is 2. The summed E-state index contributed by atoms with van der Waals surface area (Å²) in [5.74, 6) is -4.38. The molecule has 11 heteroatoms. The van der Waals surface area contributed by atoms with E-state index >= 15 is 0 Å². The van der Waals surface area contributed by atoms with Crippen molar-refractivity contribution in [2.24, 2.45) is 11.8 Å². The number of hydrogen-bond acceptors (Lipinski definition) is 6. The lowest BCUT2D eigenvalue weighted by Crippen LogP contribution is -2.40. The second kappa shape index (κ2) is 3.80. The monoisotopic (exact) mass is 313 g/mol. The minimum atomic E-state index is -6.07. The van der Waals surface area contributed by atoms with E-state index < -0.39 is 51.5 Å². The van der Waals surface area contributed by atoms with E-state index in [2.05, 4.69) is 4.28 Å². The number of halogens is 3. The third-order valence-electron chi connectivity index (χ3n) is 3.33. The fourth-order valence-corrected chi connectivity index (χ4v) is 2.92. The average molecular weight is 313 g/mol.